The van der Waals surface area contributed by atoms with Gasteiger partial charge in [-0.05, 0) is 22.9 Å². The minimum atomic E-state index is 0.971. The summed E-state index contributed by atoms with van der Waals surface area (Å²) in [6.45, 7) is 0. The summed E-state index contributed by atoms with van der Waals surface area (Å²) >= 11 is 0. The fraction of sp³-hybridized carbons (Fsp3) is 0.0588. The van der Waals surface area contributed by atoms with Gasteiger partial charge in [-0.1, -0.05) is 36.4 Å². The average Bonchev–Trinajstić information content (AvgIpc) is 2.84. The highest BCUT2D eigenvalue weighted by Crippen LogP contribution is 2.26. The molecule has 0 amide bonds. The number of imidazole rings is 1. The van der Waals surface area contributed by atoms with Crippen molar-refractivity contribution in [3.63, 3.8) is 0 Å². The van der Waals surface area contributed by atoms with Crippen LogP contribution in [0.5, 0.6) is 0 Å². The van der Waals surface area contributed by atoms with Crippen molar-refractivity contribution in [1.82, 2.24) is 14.5 Å². The van der Waals surface area contributed by atoms with Crippen LogP contribution in [-0.2, 0) is 7.05 Å². The summed E-state index contributed by atoms with van der Waals surface area (Å²) in [7, 11) is 2.03. The molecular formula is C17H13N3. The number of rotatable bonds is 1. The Morgan fingerprint density at radius 1 is 0.950 bits per heavy atom. The number of pyridine rings is 1. The summed E-state index contributed by atoms with van der Waals surface area (Å²) in [5, 5.41) is 2.48. The zero-order valence-corrected chi connectivity index (χ0v) is 11.1. The van der Waals surface area contributed by atoms with E-state index in [1.165, 1.54) is 10.8 Å². The second-order valence-corrected chi connectivity index (χ2v) is 4.92. The average molecular weight is 259 g/mol. The van der Waals surface area contributed by atoms with Crippen molar-refractivity contribution in [1.29, 1.82) is 0 Å². The van der Waals surface area contributed by atoms with E-state index in [1.807, 2.05) is 19.3 Å². The molecule has 0 saturated heterocycles. The van der Waals surface area contributed by atoms with Gasteiger partial charge in [0.2, 0.25) is 0 Å². The first-order valence-corrected chi connectivity index (χ1v) is 6.58. The van der Waals surface area contributed by atoms with Crippen LogP contribution in [0.3, 0.4) is 0 Å². The minimum Gasteiger partial charge on any atom is -0.326 e. The van der Waals surface area contributed by atoms with Crippen molar-refractivity contribution in [3.8, 4) is 11.4 Å². The lowest BCUT2D eigenvalue weighted by Gasteiger charge is -2.04. The molecule has 0 bridgehead atoms. The maximum Gasteiger partial charge on any atom is 0.140 e. The van der Waals surface area contributed by atoms with Gasteiger partial charge in [0.15, 0.2) is 0 Å². The molecule has 0 spiro atoms. The summed E-state index contributed by atoms with van der Waals surface area (Å²) in [6, 6.07) is 16.8. The Kier molecular flexibility index (Phi) is 2.33. The number of benzene rings is 2. The molecule has 2 aromatic heterocycles. The lowest BCUT2D eigenvalue weighted by atomic mass is 10.1. The molecule has 20 heavy (non-hydrogen) atoms. The highest BCUT2D eigenvalue weighted by atomic mass is 15.1. The van der Waals surface area contributed by atoms with Gasteiger partial charge < -0.3 is 4.57 Å². The van der Waals surface area contributed by atoms with Crippen molar-refractivity contribution < 1.29 is 0 Å². The molecule has 3 nitrogen and oxygen atoms in total. The quantitative estimate of drug-likeness (QED) is 0.520. The fourth-order valence-electron chi connectivity index (χ4n) is 2.62. The lowest BCUT2D eigenvalue weighted by molar-refractivity contribution is 0.957. The van der Waals surface area contributed by atoms with E-state index in [0.717, 1.165) is 22.4 Å². The molecule has 0 atom stereocenters. The third kappa shape index (κ3) is 1.60. The standard InChI is InChI=1S/C17H13N3/c1-20-16-11-18-9-8-15(16)19-17(20)14-7-6-12-4-2-3-5-13(12)10-14/h2-11H,1H3. The molecule has 0 N–H and O–H groups in total. The van der Waals surface area contributed by atoms with E-state index in [-0.39, 0.29) is 0 Å². The zero-order chi connectivity index (χ0) is 13.5. The predicted molar refractivity (Wildman–Crippen MR) is 81.5 cm³/mol. The summed E-state index contributed by atoms with van der Waals surface area (Å²) in [5.41, 5.74) is 3.16. The smallest absolute Gasteiger partial charge is 0.140 e. The van der Waals surface area contributed by atoms with Crippen molar-refractivity contribution in [2.24, 2.45) is 7.05 Å². The molecule has 0 aliphatic carbocycles. The van der Waals surface area contributed by atoms with E-state index < -0.39 is 0 Å². The van der Waals surface area contributed by atoms with E-state index in [4.69, 9.17) is 4.98 Å². The SMILES string of the molecule is Cn1c(-c2ccc3ccccc3c2)nc2ccncc21. The van der Waals surface area contributed by atoms with Crippen LogP contribution in [0, 0.1) is 0 Å². The molecule has 2 aromatic carbocycles. The molecule has 0 saturated carbocycles. The number of fused-ring (bicyclic) bond motifs is 2. The summed E-state index contributed by atoms with van der Waals surface area (Å²) in [5.74, 6) is 0.971. The number of hydrogen-bond donors (Lipinski definition) is 0. The second-order valence-electron chi connectivity index (χ2n) is 4.92. The van der Waals surface area contributed by atoms with Gasteiger partial charge in [0.1, 0.15) is 5.82 Å². The topological polar surface area (TPSA) is 30.7 Å². The molecule has 3 heteroatoms. The van der Waals surface area contributed by atoms with Crippen molar-refractivity contribution in [2.45, 2.75) is 0 Å². The molecule has 0 unspecified atom stereocenters. The third-order valence-electron chi connectivity index (χ3n) is 3.69. The van der Waals surface area contributed by atoms with Crippen molar-refractivity contribution in [3.05, 3.63) is 60.9 Å². The van der Waals surface area contributed by atoms with Gasteiger partial charge >= 0.3 is 0 Å². The van der Waals surface area contributed by atoms with Gasteiger partial charge in [-0.15, -0.1) is 0 Å². The molecule has 96 valence electrons. The molecule has 0 fully saturated rings. The summed E-state index contributed by atoms with van der Waals surface area (Å²) < 4.78 is 2.09. The number of aryl methyl sites for hydroxylation is 1. The highest BCUT2D eigenvalue weighted by molar-refractivity contribution is 5.88. The van der Waals surface area contributed by atoms with E-state index in [2.05, 4.69) is 52.0 Å². The molecular weight excluding hydrogens is 246 g/mol. The number of hydrogen-bond acceptors (Lipinski definition) is 2. The van der Waals surface area contributed by atoms with Crippen LogP contribution in [0.15, 0.2) is 60.9 Å². The van der Waals surface area contributed by atoms with Gasteiger partial charge in [-0.25, -0.2) is 4.98 Å². The predicted octanol–water partition coefficient (Wildman–Crippen LogP) is 3.79. The van der Waals surface area contributed by atoms with E-state index in [1.54, 1.807) is 6.20 Å². The van der Waals surface area contributed by atoms with Crippen LogP contribution >= 0.6 is 0 Å². The van der Waals surface area contributed by atoms with E-state index >= 15 is 0 Å². The number of nitrogens with zero attached hydrogens (tertiary/aromatic N) is 3. The Morgan fingerprint density at radius 3 is 2.65 bits per heavy atom. The van der Waals surface area contributed by atoms with Gasteiger partial charge in [-0.3, -0.25) is 4.98 Å². The Bertz CT molecular complexity index is 922. The Labute approximate surface area is 116 Å². The molecule has 0 aliphatic rings. The molecule has 4 aromatic rings. The van der Waals surface area contributed by atoms with Crippen LogP contribution < -0.4 is 0 Å². The monoisotopic (exact) mass is 259 g/mol. The Hall–Kier alpha value is -2.68. The zero-order valence-electron chi connectivity index (χ0n) is 11.1. The first-order chi connectivity index (χ1) is 9.83. The van der Waals surface area contributed by atoms with Crippen LogP contribution in [0.25, 0.3) is 33.2 Å². The van der Waals surface area contributed by atoms with E-state index in [0.29, 0.717) is 0 Å². The Morgan fingerprint density at radius 2 is 1.80 bits per heavy atom. The minimum absolute atomic E-state index is 0.971. The van der Waals surface area contributed by atoms with Crippen LogP contribution in [0.2, 0.25) is 0 Å². The van der Waals surface area contributed by atoms with Gasteiger partial charge in [0, 0.05) is 18.8 Å². The molecule has 0 radical (unpaired) electrons. The maximum atomic E-state index is 4.71. The third-order valence-corrected chi connectivity index (χ3v) is 3.69. The molecule has 2 heterocycles. The largest absolute Gasteiger partial charge is 0.326 e. The molecule has 0 aliphatic heterocycles. The summed E-state index contributed by atoms with van der Waals surface area (Å²) in [4.78, 5) is 8.88. The van der Waals surface area contributed by atoms with Crippen LogP contribution in [0.4, 0.5) is 0 Å². The first-order valence-electron chi connectivity index (χ1n) is 6.58. The first kappa shape index (κ1) is 11.2. The Balaban J connectivity index is 1.98. The highest BCUT2D eigenvalue weighted by Gasteiger charge is 2.09. The second kappa shape index (κ2) is 4.17. The lowest BCUT2D eigenvalue weighted by Crippen LogP contribution is -1.92. The van der Waals surface area contributed by atoms with Crippen molar-refractivity contribution in [2.75, 3.05) is 0 Å². The van der Waals surface area contributed by atoms with Gasteiger partial charge in [0.05, 0.1) is 17.2 Å². The van der Waals surface area contributed by atoms with Gasteiger partial charge in [0.25, 0.3) is 0 Å². The normalized spacial score (nSPS) is 11.2. The van der Waals surface area contributed by atoms with Crippen molar-refractivity contribution >= 4 is 21.8 Å². The van der Waals surface area contributed by atoms with E-state index in [9.17, 15) is 0 Å². The summed E-state index contributed by atoms with van der Waals surface area (Å²) in [6.07, 6.45) is 3.63. The molecule has 4 rings (SSSR count). The van der Waals surface area contributed by atoms with Crippen LogP contribution in [0.1, 0.15) is 0 Å². The van der Waals surface area contributed by atoms with Gasteiger partial charge in [-0.2, -0.15) is 0 Å². The number of aromatic nitrogens is 3. The maximum absolute atomic E-state index is 4.71. The van der Waals surface area contributed by atoms with Crippen LogP contribution in [-0.4, -0.2) is 14.5 Å². The fourth-order valence-corrected chi connectivity index (χ4v) is 2.62.